The molecule has 112 valence electrons. The Balaban J connectivity index is 2.73. The molecule has 0 spiro atoms. The van der Waals surface area contributed by atoms with Crippen molar-refractivity contribution in [3.63, 3.8) is 0 Å². The van der Waals surface area contributed by atoms with E-state index < -0.39 is 0 Å². The van der Waals surface area contributed by atoms with Gasteiger partial charge in [0.2, 0.25) is 0 Å². The van der Waals surface area contributed by atoms with Crippen LogP contribution in [-0.4, -0.2) is 0 Å². The first-order valence-corrected chi connectivity index (χ1v) is 7.78. The van der Waals surface area contributed by atoms with Crippen LogP contribution < -0.4 is 5.73 Å². The number of nitrogens with two attached hydrogens (primary N) is 1. The zero-order valence-electron chi connectivity index (χ0n) is 13.2. The van der Waals surface area contributed by atoms with E-state index >= 15 is 0 Å². The van der Waals surface area contributed by atoms with Crippen LogP contribution in [-0.2, 0) is 25.8 Å². The lowest BCUT2D eigenvalue weighted by molar-refractivity contribution is 0.625. The van der Waals surface area contributed by atoms with Crippen LogP contribution in [0.2, 0.25) is 0 Å². The molecule has 0 fully saturated rings. The summed E-state index contributed by atoms with van der Waals surface area (Å²) in [6, 6.07) is 9.51. The average Bonchev–Trinajstić information content (AvgIpc) is 2.53. The summed E-state index contributed by atoms with van der Waals surface area (Å²) in [7, 11) is 0. The molecule has 0 atom stereocenters. The van der Waals surface area contributed by atoms with Crippen molar-refractivity contribution in [1.82, 2.24) is 0 Å². The second-order valence-corrected chi connectivity index (χ2v) is 5.36. The van der Waals surface area contributed by atoms with Crippen LogP contribution in [0.3, 0.4) is 0 Å². The van der Waals surface area contributed by atoms with E-state index in [1.165, 1.54) is 28.3 Å². The monoisotopic (exact) mass is 285 g/mol. The molecule has 21 heavy (non-hydrogen) atoms. The van der Waals surface area contributed by atoms with E-state index in [1.807, 2.05) is 6.07 Å². The minimum Gasteiger partial charge on any atom is -0.326 e. The van der Waals surface area contributed by atoms with Crippen LogP contribution in [0.15, 0.2) is 30.3 Å². The number of benzene rings is 2. The van der Waals surface area contributed by atoms with Gasteiger partial charge >= 0.3 is 0 Å². The molecule has 2 heteroatoms. The first kappa shape index (κ1) is 15.7. The Morgan fingerprint density at radius 3 is 1.95 bits per heavy atom. The largest absolute Gasteiger partial charge is 0.326 e. The summed E-state index contributed by atoms with van der Waals surface area (Å²) in [5.74, 6) is -0.222. The zero-order chi connectivity index (χ0) is 15.4. The fourth-order valence-electron chi connectivity index (χ4n) is 2.92. The quantitative estimate of drug-likeness (QED) is 0.851. The molecule has 0 amide bonds. The molecule has 2 aromatic rings. The Labute approximate surface area is 127 Å². The molecule has 2 rings (SSSR count). The predicted molar refractivity (Wildman–Crippen MR) is 87.9 cm³/mol. The first-order valence-electron chi connectivity index (χ1n) is 7.78. The molecular weight excluding hydrogens is 261 g/mol. The van der Waals surface area contributed by atoms with Crippen LogP contribution in [0.4, 0.5) is 4.39 Å². The third-order valence-corrected chi connectivity index (χ3v) is 4.09. The molecule has 0 aliphatic carbocycles. The molecule has 0 saturated carbocycles. The third kappa shape index (κ3) is 3.16. The van der Waals surface area contributed by atoms with Gasteiger partial charge in [-0.05, 0) is 64.8 Å². The second kappa shape index (κ2) is 6.86. The maximum atomic E-state index is 13.5. The molecule has 0 radical (unpaired) electrons. The topological polar surface area (TPSA) is 26.0 Å². The highest BCUT2D eigenvalue weighted by Crippen LogP contribution is 2.33. The molecule has 0 unspecified atom stereocenters. The number of hydrogen-bond acceptors (Lipinski definition) is 1. The van der Waals surface area contributed by atoms with Gasteiger partial charge in [-0.25, -0.2) is 4.39 Å². The van der Waals surface area contributed by atoms with Crippen LogP contribution in [0.5, 0.6) is 0 Å². The number of rotatable bonds is 5. The van der Waals surface area contributed by atoms with Crippen molar-refractivity contribution in [3.05, 3.63) is 58.4 Å². The predicted octanol–water partition coefficient (Wildman–Crippen LogP) is 4.64. The molecule has 0 bridgehead atoms. The Morgan fingerprint density at radius 1 is 0.857 bits per heavy atom. The Hall–Kier alpha value is -1.67. The number of hydrogen-bond donors (Lipinski definition) is 1. The van der Waals surface area contributed by atoms with E-state index in [0.717, 1.165) is 30.4 Å². The SMILES string of the molecule is CCc1cc(CC)c(-c2ccc(F)cc2CN)c(CC)c1. The van der Waals surface area contributed by atoms with Gasteiger partial charge in [0.05, 0.1) is 0 Å². The molecule has 1 nitrogen and oxygen atoms in total. The van der Waals surface area contributed by atoms with Gasteiger partial charge < -0.3 is 5.73 Å². The molecule has 0 saturated heterocycles. The smallest absolute Gasteiger partial charge is 0.123 e. The summed E-state index contributed by atoms with van der Waals surface area (Å²) in [6.45, 7) is 6.87. The standard InChI is InChI=1S/C19H24FN/c1-4-13-9-14(5-2)19(15(6-3)10-13)18-8-7-17(20)11-16(18)12-21/h7-11H,4-6,12,21H2,1-3H3. The Kier molecular flexibility index (Phi) is 5.13. The second-order valence-electron chi connectivity index (χ2n) is 5.36. The maximum absolute atomic E-state index is 13.5. The molecular formula is C19H24FN. The summed E-state index contributed by atoms with van der Waals surface area (Å²) in [6.07, 6.45) is 2.97. The van der Waals surface area contributed by atoms with Gasteiger partial charge in [0.25, 0.3) is 0 Å². The average molecular weight is 285 g/mol. The molecule has 0 aromatic heterocycles. The van der Waals surface area contributed by atoms with E-state index in [0.29, 0.717) is 6.54 Å². The fourth-order valence-corrected chi connectivity index (χ4v) is 2.92. The lowest BCUT2D eigenvalue weighted by atomic mass is 9.87. The van der Waals surface area contributed by atoms with Crippen molar-refractivity contribution in [2.75, 3.05) is 0 Å². The van der Waals surface area contributed by atoms with Crippen molar-refractivity contribution in [2.24, 2.45) is 5.73 Å². The number of aryl methyl sites for hydroxylation is 3. The molecule has 0 aliphatic heterocycles. The van der Waals surface area contributed by atoms with Crippen molar-refractivity contribution in [3.8, 4) is 11.1 Å². The molecule has 2 N–H and O–H groups in total. The summed E-state index contributed by atoms with van der Waals surface area (Å²) < 4.78 is 13.5. The Morgan fingerprint density at radius 2 is 1.48 bits per heavy atom. The normalized spacial score (nSPS) is 10.9. The Bertz CT molecular complexity index is 606. The van der Waals surface area contributed by atoms with Crippen molar-refractivity contribution in [2.45, 2.75) is 46.6 Å². The summed E-state index contributed by atoms with van der Waals surface area (Å²) in [4.78, 5) is 0. The van der Waals surface area contributed by atoms with Crippen molar-refractivity contribution in [1.29, 1.82) is 0 Å². The van der Waals surface area contributed by atoms with Gasteiger partial charge in [-0.2, -0.15) is 0 Å². The van der Waals surface area contributed by atoms with Gasteiger partial charge in [0.1, 0.15) is 5.82 Å². The first-order chi connectivity index (χ1) is 10.1. The van der Waals surface area contributed by atoms with Crippen LogP contribution in [0.25, 0.3) is 11.1 Å². The summed E-state index contributed by atoms with van der Waals surface area (Å²) >= 11 is 0. The van der Waals surface area contributed by atoms with E-state index in [2.05, 4.69) is 32.9 Å². The van der Waals surface area contributed by atoms with Gasteiger partial charge in [-0.3, -0.25) is 0 Å². The van der Waals surface area contributed by atoms with E-state index in [4.69, 9.17) is 5.73 Å². The highest BCUT2D eigenvalue weighted by atomic mass is 19.1. The highest BCUT2D eigenvalue weighted by molar-refractivity contribution is 5.75. The van der Waals surface area contributed by atoms with Crippen LogP contribution in [0, 0.1) is 5.82 Å². The minimum absolute atomic E-state index is 0.222. The summed E-state index contributed by atoms with van der Waals surface area (Å²) in [5.41, 5.74) is 13.1. The number of halogens is 1. The molecule has 2 aromatic carbocycles. The van der Waals surface area contributed by atoms with Crippen molar-refractivity contribution < 1.29 is 4.39 Å². The van der Waals surface area contributed by atoms with E-state index in [9.17, 15) is 4.39 Å². The van der Waals surface area contributed by atoms with E-state index in [-0.39, 0.29) is 5.82 Å². The van der Waals surface area contributed by atoms with Gasteiger partial charge in [-0.15, -0.1) is 0 Å². The van der Waals surface area contributed by atoms with Gasteiger partial charge in [0.15, 0.2) is 0 Å². The van der Waals surface area contributed by atoms with Crippen molar-refractivity contribution >= 4 is 0 Å². The lowest BCUT2D eigenvalue weighted by Gasteiger charge is -2.18. The van der Waals surface area contributed by atoms with Gasteiger partial charge in [0, 0.05) is 6.54 Å². The highest BCUT2D eigenvalue weighted by Gasteiger charge is 2.14. The zero-order valence-corrected chi connectivity index (χ0v) is 13.2. The third-order valence-electron chi connectivity index (χ3n) is 4.09. The molecule has 0 heterocycles. The van der Waals surface area contributed by atoms with Crippen LogP contribution >= 0.6 is 0 Å². The van der Waals surface area contributed by atoms with Gasteiger partial charge in [-0.1, -0.05) is 39.0 Å². The minimum atomic E-state index is -0.222. The maximum Gasteiger partial charge on any atom is 0.123 e. The molecule has 0 aliphatic rings. The van der Waals surface area contributed by atoms with Crippen LogP contribution in [0.1, 0.15) is 43.0 Å². The summed E-state index contributed by atoms with van der Waals surface area (Å²) in [5, 5.41) is 0. The lowest BCUT2D eigenvalue weighted by Crippen LogP contribution is -2.04. The fraction of sp³-hybridized carbons (Fsp3) is 0.368. The van der Waals surface area contributed by atoms with E-state index in [1.54, 1.807) is 6.07 Å².